The second-order valence-corrected chi connectivity index (χ2v) is 9.17. The molecule has 1 fully saturated rings. The van der Waals surface area contributed by atoms with Crippen molar-refractivity contribution in [1.29, 1.82) is 0 Å². The first kappa shape index (κ1) is 25.3. The standard InChI is InChI=1S/C27H29Cl2N3O3/c28-25-11-8-23(18-26(25)29)30-27(33)32(13-12-31-14-16-34-17-15-31)19-21-6-9-24(10-7-21)35-20-22-4-2-1-3-5-22/h1-11,18H,12-17,19-20H2,(H,30,33). The van der Waals surface area contributed by atoms with E-state index in [9.17, 15) is 4.79 Å². The molecule has 1 aliphatic rings. The number of halogens is 2. The van der Waals surface area contributed by atoms with E-state index in [0.29, 0.717) is 35.4 Å². The number of ether oxygens (including phenoxy) is 2. The number of nitrogens with one attached hydrogen (secondary N) is 1. The van der Waals surface area contributed by atoms with Crippen molar-refractivity contribution in [3.63, 3.8) is 0 Å². The molecular weight excluding hydrogens is 485 g/mol. The van der Waals surface area contributed by atoms with Crippen LogP contribution in [-0.2, 0) is 17.9 Å². The van der Waals surface area contributed by atoms with Gasteiger partial charge in [0.15, 0.2) is 0 Å². The van der Waals surface area contributed by atoms with Crippen molar-refractivity contribution in [3.05, 3.63) is 94.0 Å². The number of carbonyl (C=O) groups is 1. The molecule has 0 unspecified atom stereocenters. The molecule has 0 aromatic heterocycles. The Balaban J connectivity index is 1.39. The maximum absolute atomic E-state index is 13.2. The van der Waals surface area contributed by atoms with Crippen LogP contribution >= 0.6 is 23.2 Å². The molecule has 8 heteroatoms. The third kappa shape index (κ3) is 7.87. The highest BCUT2D eigenvalue weighted by atomic mass is 35.5. The highest BCUT2D eigenvalue weighted by molar-refractivity contribution is 6.42. The summed E-state index contributed by atoms with van der Waals surface area (Å²) in [6.45, 7) is 5.52. The van der Waals surface area contributed by atoms with Crippen LogP contribution in [0.1, 0.15) is 11.1 Å². The third-order valence-electron chi connectivity index (χ3n) is 5.79. The van der Waals surface area contributed by atoms with Crippen molar-refractivity contribution in [2.75, 3.05) is 44.7 Å². The maximum Gasteiger partial charge on any atom is 0.322 e. The molecule has 3 aromatic rings. The maximum atomic E-state index is 13.2. The number of urea groups is 1. The average Bonchev–Trinajstić information content (AvgIpc) is 2.89. The van der Waals surface area contributed by atoms with Crippen molar-refractivity contribution in [1.82, 2.24) is 9.80 Å². The van der Waals surface area contributed by atoms with Gasteiger partial charge in [-0.2, -0.15) is 0 Å². The minimum atomic E-state index is -0.193. The van der Waals surface area contributed by atoms with E-state index < -0.39 is 0 Å². The normalized spacial score (nSPS) is 13.9. The molecule has 184 valence electrons. The van der Waals surface area contributed by atoms with Gasteiger partial charge in [0, 0.05) is 38.4 Å². The first-order chi connectivity index (χ1) is 17.1. The molecule has 0 bridgehead atoms. The van der Waals surface area contributed by atoms with Gasteiger partial charge in [-0.25, -0.2) is 4.79 Å². The Labute approximate surface area is 216 Å². The predicted octanol–water partition coefficient (Wildman–Crippen LogP) is 5.94. The number of hydrogen-bond donors (Lipinski definition) is 1. The lowest BCUT2D eigenvalue weighted by Gasteiger charge is -2.30. The van der Waals surface area contributed by atoms with Crippen LogP contribution in [0.2, 0.25) is 10.0 Å². The summed E-state index contributed by atoms with van der Waals surface area (Å²) in [5, 5.41) is 3.79. The summed E-state index contributed by atoms with van der Waals surface area (Å²) in [5.41, 5.74) is 2.73. The fraction of sp³-hybridized carbons (Fsp3) is 0.296. The number of carbonyl (C=O) groups excluding carboxylic acids is 1. The summed E-state index contributed by atoms with van der Waals surface area (Å²) in [4.78, 5) is 17.3. The molecule has 0 aliphatic carbocycles. The Bertz CT molecular complexity index is 1090. The molecule has 0 spiro atoms. The molecule has 1 saturated heterocycles. The zero-order chi connectivity index (χ0) is 24.5. The number of amides is 2. The van der Waals surface area contributed by atoms with Gasteiger partial charge in [-0.1, -0.05) is 65.7 Å². The Morgan fingerprint density at radius 3 is 2.40 bits per heavy atom. The van der Waals surface area contributed by atoms with Crippen LogP contribution in [0.5, 0.6) is 5.75 Å². The molecule has 35 heavy (non-hydrogen) atoms. The number of rotatable bonds is 9. The number of morpholine rings is 1. The molecule has 4 rings (SSSR count). The molecule has 0 atom stereocenters. The van der Waals surface area contributed by atoms with E-state index in [1.54, 1.807) is 23.1 Å². The summed E-state index contributed by atoms with van der Waals surface area (Å²) in [7, 11) is 0. The van der Waals surface area contributed by atoms with Gasteiger partial charge in [-0.05, 0) is 41.5 Å². The van der Waals surface area contributed by atoms with Crippen LogP contribution in [0.3, 0.4) is 0 Å². The summed E-state index contributed by atoms with van der Waals surface area (Å²) >= 11 is 12.1. The average molecular weight is 514 g/mol. The highest BCUT2D eigenvalue weighted by Gasteiger charge is 2.18. The lowest BCUT2D eigenvalue weighted by Crippen LogP contribution is -2.44. The van der Waals surface area contributed by atoms with Crippen LogP contribution in [0.4, 0.5) is 10.5 Å². The second kappa shape index (κ2) is 12.8. The van der Waals surface area contributed by atoms with Crippen molar-refractivity contribution >= 4 is 34.9 Å². The lowest BCUT2D eigenvalue weighted by molar-refractivity contribution is 0.0349. The van der Waals surface area contributed by atoms with E-state index in [2.05, 4.69) is 10.2 Å². The van der Waals surface area contributed by atoms with E-state index in [1.807, 2.05) is 54.6 Å². The summed E-state index contributed by atoms with van der Waals surface area (Å²) in [6, 6.07) is 22.8. The summed E-state index contributed by atoms with van der Waals surface area (Å²) < 4.78 is 11.3. The minimum absolute atomic E-state index is 0.193. The SMILES string of the molecule is O=C(Nc1ccc(Cl)c(Cl)c1)N(CCN1CCOCC1)Cc1ccc(OCc2ccccc2)cc1. The summed E-state index contributed by atoms with van der Waals surface area (Å²) in [6.07, 6.45) is 0. The molecule has 1 N–H and O–H groups in total. The van der Waals surface area contributed by atoms with E-state index in [1.165, 1.54) is 0 Å². The van der Waals surface area contributed by atoms with Gasteiger partial charge in [-0.3, -0.25) is 4.90 Å². The quantitative estimate of drug-likeness (QED) is 0.384. The van der Waals surface area contributed by atoms with Gasteiger partial charge in [0.2, 0.25) is 0 Å². The first-order valence-electron chi connectivity index (χ1n) is 11.6. The Hall–Kier alpha value is -2.77. The van der Waals surface area contributed by atoms with Crippen LogP contribution < -0.4 is 10.1 Å². The number of anilines is 1. The van der Waals surface area contributed by atoms with Gasteiger partial charge < -0.3 is 19.7 Å². The molecule has 3 aromatic carbocycles. The smallest absolute Gasteiger partial charge is 0.322 e. The number of hydrogen-bond acceptors (Lipinski definition) is 4. The van der Waals surface area contributed by atoms with Crippen LogP contribution in [0, 0.1) is 0 Å². The second-order valence-electron chi connectivity index (χ2n) is 8.35. The Morgan fingerprint density at radius 1 is 0.943 bits per heavy atom. The Kier molecular flexibility index (Phi) is 9.26. The minimum Gasteiger partial charge on any atom is -0.489 e. The third-order valence-corrected chi connectivity index (χ3v) is 6.53. The highest BCUT2D eigenvalue weighted by Crippen LogP contribution is 2.25. The fourth-order valence-corrected chi connectivity index (χ4v) is 4.07. The zero-order valence-corrected chi connectivity index (χ0v) is 21.0. The van der Waals surface area contributed by atoms with Crippen LogP contribution in [0.25, 0.3) is 0 Å². The molecule has 2 amide bonds. The summed E-state index contributed by atoms with van der Waals surface area (Å²) in [5.74, 6) is 0.790. The van der Waals surface area contributed by atoms with Gasteiger partial charge in [0.05, 0.1) is 23.3 Å². The molecule has 1 heterocycles. The van der Waals surface area contributed by atoms with Crippen LogP contribution in [0.15, 0.2) is 72.8 Å². The van der Waals surface area contributed by atoms with Gasteiger partial charge >= 0.3 is 6.03 Å². The van der Waals surface area contributed by atoms with E-state index in [-0.39, 0.29) is 6.03 Å². The van der Waals surface area contributed by atoms with E-state index >= 15 is 0 Å². The van der Waals surface area contributed by atoms with Crippen LogP contribution in [-0.4, -0.2) is 55.2 Å². The Morgan fingerprint density at radius 2 is 1.69 bits per heavy atom. The number of benzene rings is 3. The molecule has 1 aliphatic heterocycles. The molecule has 0 radical (unpaired) electrons. The molecule has 6 nitrogen and oxygen atoms in total. The van der Waals surface area contributed by atoms with Crippen molar-refractivity contribution < 1.29 is 14.3 Å². The largest absolute Gasteiger partial charge is 0.489 e. The number of nitrogens with zero attached hydrogens (tertiary/aromatic N) is 2. The van der Waals surface area contributed by atoms with E-state index in [0.717, 1.165) is 49.7 Å². The van der Waals surface area contributed by atoms with Gasteiger partial charge in [-0.15, -0.1) is 0 Å². The monoisotopic (exact) mass is 513 g/mol. The molecular formula is C27H29Cl2N3O3. The zero-order valence-electron chi connectivity index (χ0n) is 19.5. The fourth-order valence-electron chi connectivity index (χ4n) is 3.77. The first-order valence-corrected chi connectivity index (χ1v) is 12.4. The van der Waals surface area contributed by atoms with Crippen molar-refractivity contribution in [2.45, 2.75) is 13.2 Å². The predicted molar refractivity (Wildman–Crippen MR) is 140 cm³/mol. The van der Waals surface area contributed by atoms with Gasteiger partial charge in [0.1, 0.15) is 12.4 Å². The van der Waals surface area contributed by atoms with Crippen molar-refractivity contribution in [3.8, 4) is 5.75 Å². The van der Waals surface area contributed by atoms with E-state index in [4.69, 9.17) is 32.7 Å². The van der Waals surface area contributed by atoms with Gasteiger partial charge in [0.25, 0.3) is 0 Å². The van der Waals surface area contributed by atoms with Crippen molar-refractivity contribution in [2.24, 2.45) is 0 Å². The lowest BCUT2D eigenvalue weighted by atomic mass is 10.2. The molecule has 0 saturated carbocycles. The topological polar surface area (TPSA) is 54.0 Å².